The van der Waals surface area contributed by atoms with Crippen LogP contribution in [0.15, 0.2) is 17.5 Å². The Balaban J connectivity index is 1.90. The summed E-state index contributed by atoms with van der Waals surface area (Å²) in [6.07, 6.45) is 3.93. The Bertz CT molecular complexity index is 265. The second-order valence-electron chi connectivity index (χ2n) is 4.06. The van der Waals surface area contributed by atoms with Gasteiger partial charge >= 0.3 is 0 Å². The van der Waals surface area contributed by atoms with Crippen molar-refractivity contribution in [3.63, 3.8) is 0 Å². The van der Waals surface area contributed by atoms with Gasteiger partial charge in [-0.3, -0.25) is 0 Å². The van der Waals surface area contributed by atoms with Gasteiger partial charge in [-0.25, -0.2) is 0 Å². The van der Waals surface area contributed by atoms with E-state index < -0.39 is 0 Å². The molecule has 84 valence electrons. The number of hydrogen-bond acceptors (Lipinski definition) is 3. The Labute approximate surface area is 101 Å². The van der Waals surface area contributed by atoms with Crippen LogP contribution in [0.4, 0.5) is 0 Å². The molecule has 1 fully saturated rings. The highest BCUT2D eigenvalue weighted by atomic mass is 32.2. The summed E-state index contributed by atoms with van der Waals surface area (Å²) >= 11 is 3.97. The summed E-state index contributed by atoms with van der Waals surface area (Å²) < 4.78 is 0. The molecular weight excluding hydrogens is 222 g/mol. The van der Waals surface area contributed by atoms with Crippen LogP contribution in [0.2, 0.25) is 0 Å². The van der Waals surface area contributed by atoms with E-state index in [1.165, 1.54) is 35.6 Å². The molecule has 0 amide bonds. The number of nitrogens with one attached hydrogen (secondary N) is 1. The third-order valence-corrected chi connectivity index (χ3v) is 5.09. The highest BCUT2D eigenvalue weighted by Gasteiger charge is 2.18. The first kappa shape index (κ1) is 11.5. The summed E-state index contributed by atoms with van der Waals surface area (Å²) in [5, 5.41) is 5.97. The zero-order valence-corrected chi connectivity index (χ0v) is 10.9. The maximum Gasteiger partial charge on any atom is 0.0414 e. The highest BCUT2D eigenvalue weighted by molar-refractivity contribution is 7.99. The van der Waals surface area contributed by atoms with E-state index in [2.05, 4.69) is 41.5 Å². The number of thioether (sulfide) groups is 1. The molecule has 0 spiro atoms. The largest absolute Gasteiger partial charge is 0.306 e. The summed E-state index contributed by atoms with van der Waals surface area (Å²) in [5.41, 5.74) is 0. The smallest absolute Gasteiger partial charge is 0.0414 e. The van der Waals surface area contributed by atoms with E-state index >= 15 is 0 Å². The molecule has 2 atom stereocenters. The normalized spacial score (nSPS) is 23.9. The van der Waals surface area contributed by atoms with E-state index in [0.29, 0.717) is 6.04 Å². The van der Waals surface area contributed by atoms with Gasteiger partial charge in [-0.1, -0.05) is 13.0 Å². The van der Waals surface area contributed by atoms with Crippen LogP contribution in [0.5, 0.6) is 0 Å². The van der Waals surface area contributed by atoms with Gasteiger partial charge in [0, 0.05) is 22.7 Å². The Kier molecular flexibility index (Phi) is 4.54. The maximum absolute atomic E-state index is 3.80. The van der Waals surface area contributed by atoms with Gasteiger partial charge in [0.1, 0.15) is 0 Å². The number of hydrogen-bond donors (Lipinski definition) is 1. The monoisotopic (exact) mass is 241 g/mol. The van der Waals surface area contributed by atoms with Crippen molar-refractivity contribution in [3.05, 3.63) is 22.4 Å². The molecule has 1 aromatic rings. The predicted molar refractivity (Wildman–Crippen MR) is 70.8 cm³/mol. The summed E-state index contributed by atoms with van der Waals surface area (Å²) in [7, 11) is 0. The lowest BCUT2D eigenvalue weighted by Gasteiger charge is -2.27. The molecule has 1 aliphatic rings. The lowest BCUT2D eigenvalue weighted by molar-refractivity contribution is 0.429. The highest BCUT2D eigenvalue weighted by Crippen LogP contribution is 2.25. The van der Waals surface area contributed by atoms with E-state index in [0.717, 1.165) is 6.04 Å². The molecule has 1 aliphatic heterocycles. The maximum atomic E-state index is 3.80. The molecule has 2 unspecified atom stereocenters. The molecule has 2 heterocycles. The standard InChI is InChI=1S/C12H19NS2/c1-2-11(12-6-4-8-15-12)13-10-5-3-7-14-9-10/h4,6,8,10-11,13H,2-3,5,7,9H2,1H3. The van der Waals surface area contributed by atoms with E-state index in [-0.39, 0.29) is 0 Å². The second-order valence-corrected chi connectivity index (χ2v) is 6.19. The van der Waals surface area contributed by atoms with Crippen LogP contribution in [-0.2, 0) is 0 Å². The van der Waals surface area contributed by atoms with Gasteiger partial charge in [0.25, 0.3) is 0 Å². The molecule has 1 N–H and O–H groups in total. The van der Waals surface area contributed by atoms with Crippen molar-refractivity contribution in [1.29, 1.82) is 0 Å². The molecule has 0 aliphatic carbocycles. The van der Waals surface area contributed by atoms with E-state index in [1.807, 2.05) is 11.3 Å². The van der Waals surface area contributed by atoms with Gasteiger partial charge < -0.3 is 5.32 Å². The van der Waals surface area contributed by atoms with Gasteiger partial charge in [-0.2, -0.15) is 11.8 Å². The summed E-state index contributed by atoms with van der Waals surface area (Å²) in [5.74, 6) is 2.65. The number of thiophene rings is 1. The molecule has 3 heteroatoms. The summed E-state index contributed by atoms with van der Waals surface area (Å²) in [6, 6.07) is 5.71. The third-order valence-electron chi connectivity index (χ3n) is 2.89. The average Bonchev–Trinajstić information content (AvgIpc) is 2.81. The number of rotatable bonds is 4. The second kappa shape index (κ2) is 5.92. The first-order valence-corrected chi connectivity index (χ1v) is 7.80. The molecule has 0 radical (unpaired) electrons. The fourth-order valence-electron chi connectivity index (χ4n) is 2.05. The molecular formula is C12H19NS2. The Morgan fingerprint density at radius 1 is 1.60 bits per heavy atom. The van der Waals surface area contributed by atoms with Crippen LogP contribution in [0.3, 0.4) is 0 Å². The molecule has 1 saturated heterocycles. The first-order valence-electron chi connectivity index (χ1n) is 5.77. The molecule has 0 bridgehead atoms. The Hall–Kier alpha value is 0.01000. The van der Waals surface area contributed by atoms with Crippen molar-refractivity contribution in [3.8, 4) is 0 Å². The molecule has 0 aromatic carbocycles. The van der Waals surface area contributed by atoms with Crippen molar-refractivity contribution in [2.24, 2.45) is 0 Å². The van der Waals surface area contributed by atoms with Crippen molar-refractivity contribution in [2.75, 3.05) is 11.5 Å². The fraction of sp³-hybridized carbons (Fsp3) is 0.667. The zero-order chi connectivity index (χ0) is 10.5. The van der Waals surface area contributed by atoms with Gasteiger partial charge in [0.05, 0.1) is 0 Å². The summed E-state index contributed by atoms with van der Waals surface area (Å²) in [6.45, 7) is 2.27. The van der Waals surface area contributed by atoms with Crippen LogP contribution < -0.4 is 5.32 Å². The quantitative estimate of drug-likeness (QED) is 0.863. The minimum absolute atomic E-state index is 0.577. The van der Waals surface area contributed by atoms with Gasteiger partial charge in [0.15, 0.2) is 0 Å². The Morgan fingerprint density at radius 3 is 3.13 bits per heavy atom. The lowest BCUT2D eigenvalue weighted by Crippen LogP contribution is -2.36. The van der Waals surface area contributed by atoms with Crippen LogP contribution in [0.25, 0.3) is 0 Å². The van der Waals surface area contributed by atoms with Gasteiger partial charge in [0.2, 0.25) is 0 Å². The Morgan fingerprint density at radius 2 is 2.53 bits per heavy atom. The average molecular weight is 241 g/mol. The molecule has 1 nitrogen and oxygen atoms in total. The topological polar surface area (TPSA) is 12.0 Å². The molecule has 1 aromatic heterocycles. The van der Waals surface area contributed by atoms with Crippen molar-refractivity contribution < 1.29 is 0 Å². The molecule has 15 heavy (non-hydrogen) atoms. The van der Waals surface area contributed by atoms with Crippen LogP contribution in [0.1, 0.15) is 37.1 Å². The minimum atomic E-state index is 0.577. The molecule has 0 saturated carbocycles. The van der Waals surface area contributed by atoms with Crippen LogP contribution in [-0.4, -0.2) is 17.5 Å². The van der Waals surface area contributed by atoms with Gasteiger partial charge in [-0.05, 0) is 36.5 Å². The van der Waals surface area contributed by atoms with Crippen LogP contribution >= 0.6 is 23.1 Å². The SMILES string of the molecule is CCC(NC1CCCSC1)c1cccs1. The molecule has 2 rings (SSSR count). The fourth-order valence-corrected chi connectivity index (χ4v) is 4.00. The van der Waals surface area contributed by atoms with Crippen molar-refractivity contribution in [2.45, 2.75) is 38.3 Å². The van der Waals surface area contributed by atoms with Gasteiger partial charge in [-0.15, -0.1) is 11.3 Å². The van der Waals surface area contributed by atoms with E-state index in [1.54, 1.807) is 0 Å². The minimum Gasteiger partial charge on any atom is -0.306 e. The lowest BCUT2D eigenvalue weighted by atomic mass is 10.1. The van der Waals surface area contributed by atoms with E-state index in [9.17, 15) is 0 Å². The van der Waals surface area contributed by atoms with Crippen molar-refractivity contribution in [1.82, 2.24) is 5.32 Å². The van der Waals surface area contributed by atoms with Crippen molar-refractivity contribution >= 4 is 23.1 Å². The third kappa shape index (κ3) is 3.23. The van der Waals surface area contributed by atoms with E-state index in [4.69, 9.17) is 0 Å². The predicted octanol–water partition coefficient (Wildman–Crippen LogP) is 3.68. The van der Waals surface area contributed by atoms with Crippen LogP contribution in [0, 0.1) is 0 Å². The zero-order valence-electron chi connectivity index (χ0n) is 9.24. The first-order chi connectivity index (χ1) is 7.40. The summed E-state index contributed by atoms with van der Waals surface area (Å²) in [4.78, 5) is 1.49.